The monoisotopic (exact) mass is 253 g/mol. The van der Waals surface area contributed by atoms with E-state index in [1.807, 2.05) is 30.5 Å². The summed E-state index contributed by atoms with van der Waals surface area (Å²) in [6.45, 7) is 0. The van der Waals surface area contributed by atoms with Crippen molar-refractivity contribution in [3.8, 4) is 0 Å². The van der Waals surface area contributed by atoms with Crippen LogP contribution in [0.15, 0.2) is 60.8 Å². The van der Waals surface area contributed by atoms with Gasteiger partial charge in [0.15, 0.2) is 0 Å². The number of pyridine rings is 1. The molecule has 0 fully saturated rings. The number of benzene rings is 2. The quantitative estimate of drug-likeness (QED) is 0.656. The van der Waals surface area contributed by atoms with Gasteiger partial charge in [-0.2, -0.15) is 0 Å². The molecule has 1 aromatic heterocycles. The van der Waals surface area contributed by atoms with Gasteiger partial charge in [-0.25, -0.2) is 0 Å². The Morgan fingerprint density at radius 1 is 0.944 bits per heavy atom. The highest BCUT2D eigenvalue weighted by Gasteiger charge is 2.02. The number of rotatable bonds is 2. The molecule has 2 heteroatoms. The van der Waals surface area contributed by atoms with E-state index in [2.05, 4.69) is 35.3 Å². The zero-order valence-corrected chi connectivity index (χ0v) is 10.6. The van der Waals surface area contributed by atoms with Crippen LogP contribution in [-0.2, 0) is 6.42 Å². The molecule has 0 bridgehead atoms. The summed E-state index contributed by atoms with van der Waals surface area (Å²) in [7, 11) is 0. The van der Waals surface area contributed by atoms with Crippen LogP contribution in [0.4, 0.5) is 0 Å². The fraction of sp³-hybridized carbons (Fsp3) is 0.0625. The molecular formula is C16H12ClN. The fourth-order valence-corrected chi connectivity index (χ4v) is 2.29. The van der Waals surface area contributed by atoms with Crippen LogP contribution in [0.1, 0.15) is 11.1 Å². The van der Waals surface area contributed by atoms with Crippen LogP contribution < -0.4 is 0 Å². The van der Waals surface area contributed by atoms with Gasteiger partial charge in [0.25, 0.3) is 0 Å². The molecule has 3 aromatic rings. The van der Waals surface area contributed by atoms with Gasteiger partial charge < -0.3 is 0 Å². The van der Waals surface area contributed by atoms with Crippen LogP contribution >= 0.6 is 11.6 Å². The van der Waals surface area contributed by atoms with Crippen LogP contribution in [0.5, 0.6) is 0 Å². The Labute approximate surface area is 111 Å². The average molecular weight is 254 g/mol. The second-order valence-corrected chi connectivity index (χ2v) is 4.71. The number of aromatic nitrogens is 1. The number of nitrogens with zero attached hydrogens (tertiary/aromatic N) is 1. The first kappa shape index (κ1) is 11.2. The van der Waals surface area contributed by atoms with E-state index >= 15 is 0 Å². The third-order valence-corrected chi connectivity index (χ3v) is 3.39. The number of hydrogen-bond donors (Lipinski definition) is 0. The van der Waals surface area contributed by atoms with Gasteiger partial charge in [-0.05, 0) is 35.7 Å². The molecule has 0 aliphatic heterocycles. The molecule has 0 unspecified atom stereocenters. The maximum Gasteiger partial charge on any atom is 0.0704 e. The van der Waals surface area contributed by atoms with E-state index in [0.29, 0.717) is 0 Å². The van der Waals surface area contributed by atoms with Crippen molar-refractivity contribution in [3.63, 3.8) is 0 Å². The van der Waals surface area contributed by atoms with Crippen molar-refractivity contribution in [2.24, 2.45) is 0 Å². The van der Waals surface area contributed by atoms with Gasteiger partial charge in [-0.1, -0.05) is 48.0 Å². The molecule has 0 spiro atoms. The van der Waals surface area contributed by atoms with Crippen molar-refractivity contribution in [3.05, 3.63) is 76.9 Å². The summed E-state index contributed by atoms with van der Waals surface area (Å²) < 4.78 is 0. The summed E-state index contributed by atoms with van der Waals surface area (Å²) in [5.41, 5.74) is 3.41. The first-order valence-electron chi connectivity index (χ1n) is 5.90. The smallest absolute Gasteiger partial charge is 0.0704 e. The maximum atomic E-state index is 6.18. The molecule has 0 aliphatic rings. The lowest BCUT2D eigenvalue weighted by atomic mass is 10.0. The van der Waals surface area contributed by atoms with Gasteiger partial charge in [0.05, 0.1) is 5.52 Å². The zero-order chi connectivity index (χ0) is 12.4. The van der Waals surface area contributed by atoms with E-state index in [1.54, 1.807) is 0 Å². The van der Waals surface area contributed by atoms with Crippen molar-refractivity contribution in [1.29, 1.82) is 0 Å². The Morgan fingerprint density at radius 3 is 2.72 bits per heavy atom. The fourth-order valence-electron chi connectivity index (χ4n) is 2.08. The van der Waals surface area contributed by atoms with Crippen molar-refractivity contribution >= 4 is 22.5 Å². The third kappa shape index (κ3) is 2.22. The van der Waals surface area contributed by atoms with Gasteiger partial charge in [0.1, 0.15) is 0 Å². The average Bonchev–Trinajstić information content (AvgIpc) is 2.41. The van der Waals surface area contributed by atoms with E-state index < -0.39 is 0 Å². The van der Waals surface area contributed by atoms with E-state index in [-0.39, 0.29) is 0 Å². The van der Waals surface area contributed by atoms with Crippen LogP contribution in [0.25, 0.3) is 10.9 Å². The van der Waals surface area contributed by atoms with Gasteiger partial charge >= 0.3 is 0 Å². The highest BCUT2D eigenvalue weighted by molar-refractivity contribution is 6.31. The van der Waals surface area contributed by atoms with Crippen molar-refractivity contribution in [2.45, 2.75) is 6.42 Å². The molecule has 0 saturated carbocycles. The summed E-state index contributed by atoms with van der Waals surface area (Å²) >= 11 is 6.18. The second-order valence-electron chi connectivity index (χ2n) is 4.30. The summed E-state index contributed by atoms with van der Waals surface area (Å²) in [5, 5.41) is 1.99. The second kappa shape index (κ2) is 4.79. The minimum absolute atomic E-state index is 0.818. The van der Waals surface area contributed by atoms with E-state index in [9.17, 15) is 0 Å². The first-order chi connectivity index (χ1) is 8.83. The Morgan fingerprint density at radius 2 is 1.83 bits per heavy atom. The molecular weight excluding hydrogens is 242 g/mol. The van der Waals surface area contributed by atoms with Crippen LogP contribution in [-0.4, -0.2) is 4.98 Å². The molecule has 0 N–H and O–H groups in total. The maximum absolute atomic E-state index is 6.18. The van der Waals surface area contributed by atoms with Gasteiger partial charge in [0, 0.05) is 16.6 Å². The Hall–Kier alpha value is -1.86. The van der Waals surface area contributed by atoms with Crippen molar-refractivity contribution in [2.75, 3.05) is 0 Å². The minimum Gasteiger partial charge on any atom is -0.256 e. The summed E-state index contributed by atoms with van der Waals surface area (Å²) in [6.07, 6.45) is 2.66. The normalized spacial score (nSPS) is 10.7. The third-order valence-electron chi connectivity index (χ3n) is 3.02. The summed E-state index contributed by atoms with van der Waals surface area (Å²) in [4.78, 5) is 4.37. The van der Waals surface area contributed by atoms with Crippen LogP contribution in [0.2, 0.25) is 5.02 Å². The molecule has 2 aromatic carbocycles. The molecule has 1 heterocycles. The Kier molecular flexibility index (Phi) is 2.99. The number of fused-ring (bicyclic) bond motifs is 1. The number of hydrogen-bond acceptors (Lipinski definition) is 1. The topological polar surface area (TPSA) is 12.9 Å². The Balaban J connectivity index is 1.98. The van der Waals surface area contributed by atoms with Gasteiger partial charge in [0.2, 0.25) is 0 Å². The lowest BCUT2D eigenvalue weighted by Crippen LogP contribution is -1.90. The summed E-state index contributed by atoms with van der Waals surface area (Å²) in [5.74, 6) is 0. The molecule has 3 rings (SSSR count). The van der Waals surface area contributed by atoms with Crippen LogP contribution in [0, 0.1) is 0 Å². The molecule has 0 saturated heterocycles. The predicted molar refractivity (Wildman–Crippen MR) is 76.0 cm³/mol. The molecule has 0 atom stereocenters. The van der Waals surface area contributed by atoms with E-state index in [1.165, 1.54) is 10.9 Å². The lowest BCUT2D eigenvalue weighted by Gasteiger charge is -2.05. The van der Waals surface area contributed by atoms with Crippen molar-refractivity contribution in [1.82, 2.24) is 4.98 Å². The largest absolute Gasteiger partial charge is 0.256 e. The summed E-state index contributed by atoms with van der Waals surface area (Å²) in [6, 6.07) is 18.3. The Bertz CT molecular complexity index is 691. The molecule has 88 valence electrons. The predicted octanol–water partition coefficient (Wildman–Crippen LogP) is 4.48. The minimum atomic E-state index is 0.818. The highest BCUT2D eigenvalue weighted by Crippen LogP contribution is 2.21. The van der Waals surface area contributed by atoms with Gasteiger partial charge in [-0.15, -0.1) is 0 Å². The standard InChI is InChI=1S/C16H12ClN/c17-15-6-2-1-4-14(15)10-12-7-8-13-5-3-9-18-16(13)11-12/h1-9,11H,10H2. The van der Waals surface area contributed by atoms with E-state index in [4.69, 9.17) is 11.6 Å². The van der Waals surface area contributed by atoms with Crippen LogP contribution in [0.3, 0.4) is 0 Å². The molecule has 1 nitrogen and oxygen atoms in total. The highest BCUT2D eigenvalue weighted by atomic mass is 35.5. The van der Waals surface area contributed by atoms with Gasteiger partial charge in [-0.3, -0.25) is 4.98 Å². The lowest BCUT2D eigenvalue weighted by molar-refractivity contribution is 1.19. The van der Waals surface area contributed by atoms with Crippen molar-refractivity contribution < 1.29 is 0 Å². The van der Waals surface area contributed by atoms with E-state index in [0.717, 1.165) is 22.5 Å². The zero-order valence-electron chi connectivity index (χ0n) is 9.81. The molecule has 0 radical (unpaired) electrons. The molecule has 18 heavy (non-hydrogen) atoms. The molecule has 0 amide bonds. The first-order valence-corrected chi connectivity index (χ1v) is 6.28. The SMILES string of the molecule is Clc1ccccc1Cc1ccc2cccnc2c1. The molecule has 0 aliphatic carbocycles. The number of halogens is 1.